The molecule has 0 spiro atoms. The fourth-order valence-electron chi connectivity index (χ4n) is 2.50. The molecular formula is C12H15NO3S. The fraction of sp³-hybridized carbons (Fsp3) is 0.500. The van der Waals surface area contributed by atoms with Crippen molar-refractivity contribution in [3.63, 3.8) is 0 Å². The topological polar surface area (TPSA) is 46.6 Å². The molecule has 1 aromatic carbocycles. The zero-order valence-corrected chi connectivity index (χ0v) is 10.5. The molecule has 3 rings (SSSR count). The van der Waals surface area contributed by atoms with Crippen LogP contribution < -0.4 is 0 Å². The predicted octanol–water partition coefficient (Wildman–Crippen LogP) is 1.16. The summed E-state index contributed by atoms with van der Waals surface area (Å²) in [6.45, 7) is 2.98. The van der Waals surface area contributed by atoms with E-state index in [0.29, 0.717) is 18.0 Å². The van der Waals surface area contributed by atoms with E-state index in [1.54, 1.807) is 16.4 Å². The van der Waals surface area contributed by atoms with E-state index in [1.165, 1.54) is 0 Å². The van der Waals surface area contributed by atoms with Crippen LogP contribution in [0.3, 0.4) is 0 Å². The summed E-state index contributed by atoms with van der Waals surface area (Å²) in [5.41, 5.74) is 1.07. The minimum atomic E-state index is -3.33. The van der Waals surface area contributed by atoms with Gasteiger partial charge in [0, 0.05) is 6.54 Å². The lowest BCUT2D eigenvalue weighted by molar-refractivity contribution is 0.0608. The second-order valence-electron chi connectivity index (χ2n) is 4.73. The Balaban J connectivity index is 1.93. The Kier molecular flexibility index (Phi) is 2.50. The van der Waals surface area contributed by atoms with Gasteiger partial charge in [-0.25, -0.2) is 8.42 Å². The summed E-state index contributed by atoms with van der Waals surface area (Å²) in [6.07, 6.45) is 0.936. The molecule has 1 aromatic rings. The summed E-state index contributed by atoms with van der Waals surface area (Å²) in [4.78, 5) is 0.385. The van der Waals surface area contributed by atoms with Crippen molar-refractivity contribution in [2.75, 3.05) is 13.2 Å². The number of ether oxygens (including phenoxy) is 1. The number of nitrogens with zero attached hydrogens (tertiary/aromatic N) is 1. The van der Waals surface area contributed by atoms with Crippen LogP contribution in [0.15, 0.2) is 29.2 Å². The number of rotatable bonds is 2. The average Bonchev–Trinajstić information content (AvgIpc) is 2.91. The maximum absolute atomic E-state index is 12.4. The van der Waals surface area contributed by atoms with Crippen molar-refractivity contribution >= 4 is 10.0 Å². The molecule has 0 aromatic heterocycles. The molecule has 4 nitrogen and oxygen atoms in total. The highest BCUT2D eigenvalue weighted by Crippen LogP contribution is 2.32. The van der Waals surface area contributed by atoms with Crippen LogP contribution in [0.5, 0.6) is 0 Å². The molecule has 2 atom stereocenters. The number of morpholine rings is 1. The smallest absolute Gasteiger partial charge is 0.243 e. The van der Waals surface area contributed by atoms with Gasteiger partial charge >= 0.3 is 0 Å². The van der Waals surface area contributed by atoms with Crippen molar-refractivity contribution in [2.45, 2.75) is 30.4 Å². The van der Waals surface area contributed by atoms with E-state index in [2.05, 4.69) is 0 Å². The Morgan fingerprint density at radius 3 is 2.53 bits per heavy atom. The van der Waals surface area contributed by atoms with E-state index in [-0.39, 0.29) is 12.1 Å². The molecule has 2 aliphatic rings. The van der Waals surface area contributed by atoms with Gasteiger partial charge in [0.25, 0.3) is 0 Å². The largest absolute Gasteiger partial charge is 0.375 e. The molecule has 0 saturated carbocycles. The zero-order valence-electron chi connectivity index (χ0n) is 9.67. The van der Waals surface area contributed by atoms with Gasteiger partial charge in [-0.1, -0.05) is 17.7 Å². The summed E-state index contributed by atoms with van der Waals surface area (Å²) in [7, 11) is -3.33. The van der Waals surface area contributed by atoms with Crippen LogP contribution in [0.2, 0.25) is 0 Å². The van der Waals surface area contributed by atoms with Gasteiger partial charge in [-0.15, -0.1) is 0 Å². The van der Waals surface area contributed by atoms with Crippen LogP contribution in [0.25, 0.3) is 0 Å². The number of aryl methyl sites for hydroxylation is 1. The molecular weight excluding hydrogens is 238 g/mol. The van der Waals surface area contributed by atoms with E-state index in [4.69, 9.17) is 4.74 Å². The van der Waals surface area contributed by atoms with E-state index < -0.39 is 10.0 Å². The molecule has 0 radical (unpaired) electrons. The lowest BCUT2D eigenvalue weighted by atomic mass is 10.2. The van der Waals surface area contributed by atoms with Crippen molar-refractivity contribution in [1.82, 2.24) is 4.31 Å². The highest BCUT2D eigenvalue weighted by molar-refractivity contribution is 7.89. The van der Waals surface area contributed by atoms with Crippen molar-refractivity contribution in [3.8, 4) is 0 Å². The van der Waals surface area contributed by atoms with Crippen LogP contribution in [0.1, 0.15) is 12.0 Å². The van der Waals surface area contributed by atoms with Gasteiger partial charge in [-0.05, 0) is 25.5 Å². The summed E-state index contributed by atoms with van der Waals surface area (Å²) in [5, 5.41) is 0. The Bertz CT molecular complexity index is 523. The molecule has 92 valence electrons. The monoisotopic (exact) mass is 253 g/mol. The van der Waals surface area contributed by atoms with Crippen molar-refractivity contribution in [1.29, 1.82) is 0 Å². The third-order valence-electron chi connectivity index (χ3n) is 3.48. The molecule has 0 aliphatic carbocycles. The predicted molar refractivity (Wildman–Crippen MR) is 63.2 cm³/mol. The molecule has 5 heteroatoms. The first kappa shape index (κ1) is 11.2. The Morgan fingerprint density at radius 2 is 2.00 bits per heavy atom. The molecule has 2 fully saturated rings. The summed E-state index contributed by atoms with van der Waals surface area (Å²) in [5.74, 6) is 0. The van der Waals surface area contributed by atoms with Gasteiger partial charge in [-0.2, -0.15) is 4.31 Å². The quantitative estimate of drug-likeness (QED) is 0.794. The normalized spacial score (nSPS) is 28.8. The Hall–Kier alpha value is -0.910. The molecule has 2 bridgehead atoms. The highest BCUT2D eigenvalue weighted by Gasteiger charge is 2.45. The van der Waals surface area contributed by atoms with Crippen molar-refractivity contribution in [2.24, 2.45) is 0 Å². The van der Waals surface area contributed by atoms with E-state index in [9.17, 15) is 8.42 Å². The SMILES string of the molecule is Cc1ccc(S(=O)(=O)N2CC3CC2CO3)cc1. The van der Waals surface area contributed by atoms with E-state index in [1.807, 2.05) is 19.1 Å². The van der Waals surface area contributed by atoms with Gasteiger partial charge in [-0.3, -0.25) is 0 Å². The summed E-state index contributed by atoms with van der Waals surface area (Å²) < 4.78 is 31.8. The van der Waals surface area contributed by atoms with Gasteiger partial charge < -0.3 is 4.74 Å². The second-order valence-corrected chi connectivity index (χ2v) is 6.62. The van der Waals surface area contributed by atoms with Crippen LogP contribution >= 0.6 is 0 Å². The lowest BCUT2D eigenvalue weighted by Crippen LogP contribution is -2.41. The van der Waals surface area contributed by atoms with Crippen LogP contribution in [-0.2, 0) is 14.8 Å². The summed E-state index contributed by atoms with van der Waals surface area (Å²) >= 11 is 0. The number of sulfonamides is 1. The highest BCUT2D eigenvalue weighted by atomic mass is 32.2. The number of hydrogen-bond donors (Lipinski definition) is 0. The summed E-state index contributed by atoms with van der Waals surface area (Å²) in [6, 6.07) is 7.05. The van der Waals surface area contributed by atoms with Gasteiger partial charge in [0.2, 0.25) is 10.0 Å². The molecule has 2 heterocycles. The fourth-order valence-corrected chi connectivity index (χ4v) is 4.16. The van der Waals surface area contributed by atoms with Gasteiger partial charge in [0.1, 0.15) is 0 Å². The first-order valence-electron chi connectivity index (χ1n) is 5.77. The minimum Gasteiger partial charge on any atom is -0.375 e. The molecule has 0 amide bonds. The molecule has 17 heavy (non-hydrogen) atoms. The number of hydrogen-bond acceptors (Lipinski definition) is 3. The Labute approximate surface area is 101 Å². The maximum Gasteiger partial charge on any atom is 0.243 e. The molecule has 0 N–H and O–H groups in total. The average molecular weight is 253 g/mol. The van der Waals surface area contributed by atoms with E-state index in [0.717, 1.165) is 12.0 Å². The van der Waals surface area contributed by atoms with Crippen molar-refractivity contribution < 1.29 is 13.2 Å². The maximum atomic E-state index is 12.4. The number of fused-ring (bicyclic) bond motifs is 2. The minimum absolute atomic E-state index is 0.0336. The molecule has 2 saturated heterocycles. The Morgan fingerprint density at radius 1 is 1.29 bits per heavy atom. The first-order chi connectivity index (χ1) is 8.07. The molecule has 2 aliphatic heterocycles. The second kappa shape index (κ2) is 3.80. The van der Waals surface area contributed by atoms with Crippen LogP contribution in [-0.4, -0.2) is 38.0 Å². The van der Waals surface area contributed by atoms with Gasteiger partial charge in [0.05, 0.1) is 23.6 Å². The van der Waals surface area contributed by atoms with Gasteiger partial charge in [0.15, 0.2) is 0 Å². The third-order valence-corrected chi connectivity index (χ3v) is 5.41. The third kappa shape index (κ3) is 1.78. The zero-order chi connectivity index (χ0) is 12.0. The van der Waals surface area contributed by atoms with Crippen LogP contribution in [0, 0.1) is 6.92 Å². The lowest BCUT2D eigenvalue weighted by Gasteiger charge is -2.26. The first-order valence-corrected chi connectivity index (χ1v) is 7.21. The number of benzene rings is 1. The van der Waals surface area contributed by atoms with Crippen LogP contribution in [0.4, 0.5) is 0 Å². The molecule has 2 unspecified atom stereocenters. The standard InChI is InChI=1S/C12H15NO3S/c1-9-2-4-12(5-3-9)17(14,15)13-7-11-6-10(13)8-16-11/h2-5,10-11H,6-8H2,1H3. The van der Waals surface area contributed by atoms with Crippen molar-refractivity contribution in [3.05, 3.63) is 29.8 Å². The van der Waals surface area contributed by atoms with E-state index >= 15 is 0 Å².